The topological polar surface area (TPSA) is 69.5 Å². The van der Waals surface area contributed by atoms with Gasteiger partial charge >= 0.3 is 0 Å². The lowest BCUT2D eigenvalue weighted by molar-refractivity contribution is 0.0524. The van der Waals surface area contributed by atoms with Gasteiger partial charge in [-0.15, -0.1) is 11.3 Å². The van der Waals surface area contributed by atoms with E-state index in [1.165, 1.54) is 0 Å². The van der Waals surface area contributed by atoms with Crippen molar-refractivity contribution in [2.24, 2.45) is 5.92 Å². The van der Waals surface area contributed by atoms with Gasteiger partial charge in [-0.3, -0.25) is 0 Å². The summed E-state index contributed by atoms with van der Waals surface area (Å²) in [6.45, 7) is 3.47. The van der Waals surface area contributed by atoms with E-state index in [1.807, 2.05) is 11.4 Å². The van der Waals surface area contributed by atoms with E-state index in [0.29, 0.717) is 13.0 Å². The fraction of sp³-hybridized carbons (Fsp3) is 0.571. The summed E-state index contributed by atoms with van der Waals surface area (Å²) in [5.74, 6) is 1.69. The largest absolute Gasteiger partial charge is 0.396 e. The van der Waals surface area contributed by atoms with Crippen LogP contribution < -0.4 is 4.90 Å². The molecular weight excluding hydrogens is 274 g/mol. The quantitative estimate of drug-likeness (QED) is 0.896. The Kier molecular flexibility index (Phi) is 3.87. The van der Waals surface area contributed by atoms with Gasteiger partial charge in [-0.2, -0.15) is 0 Å². The smallest absolute Gasteiger partial charge is 0.141 e. The predicted molar refractivity (Wildman–Crippen MR) is 80.2 cm³/mol. The Balaban J connectivity index is 1.98. The van der Waals surface area contributed by atoms with Crippen molar-refractivity contribution in [3.63, 3.8) is 0 Å². The Labute approximate surface area is 121 Å². The average Bonchev–Trinajstić information content (AvgIpc) is 2.95. The molecule has 20 heavy (non-hydrogen) atoms. The summed E-state index contributed by atoms with van der Waals surface area (Å²) in [5, 5.41) is 22.4. The maximum atomic E-state index is 9.89. The second-order valence-corrected chi connectivity index (χ2v) is 6.10. The molecule has 1 aliphatic heterocycles. The summed E-state index contributed by atoms with van der Waals surface area (Å²) < 4.78 is 0. The lowest BCUT2D eigenvalue weighted by Crippen LogP contribution is -2.45. The third kappa shape index (κ3) is 2.39. The number of hydrogen-bond acceptors (Lipinski definition) is 6. The molecule has 2 unspecified atom stereocenters. The van der Waals surface area contributed by atoms with Gasteiger partial charge in [0.1, 0.15) is 16.5 Å². The first kappa shape index (κ1) is 13.7. The molecule has 2 aromatic heterocycles. The lowest BCUT2D eigenvalue weighted by Gasteiger charge is -2.36. The summed E-state index contributed by atoms with van der Waals surface area (Å²) in [4.78, 5) is 12.4. The molecule has 1 saturated heterocycles. The minimum absolute atomic E-state index is 0.0101. The molecule has 6 heteroatoms. The molecule has 1 aliphatic rings. The van der Waals surface area contributed by atoms with Crippen LogP contribution in [0.4, 0.5) is 5.82 Å². The second kappa shape index (κ2) is 5.63. The molecule has 0 bridgehead atoms. The van der Waals surface area contributed by atoms with Crippen molar-refractivity contribution in [2.45, 2.75) is 25.9 Å². The van der Waals surface area contributed by atoms with Crippen molar-refractivity contribution in [3.05, 3.63) is 17.3 Å². The first-order chi connectivity index (χ1) is 9.72. The Morgan fingerprint density at radius 1 is 1.45 bits per heavy atom. The van der Waals surface area contributed by atoms with Crippen molar-refractivity contribution in [1.82, 2.24) is 9.97 Å². The van der Waals surface area contributed by atoms with E-state index in [9.17, 15) is 10.2 Å². The van der Waals surface area contributed by atoms with E-state index in [1.54, 1.807) is 11.3 Å². The first-order valence-corrected chi connectivity index (χ1v) is 7.89. The number of thiophene rings is 1. The number of rotatable bonds is 3. The van der Waals surface area contributed by atoms with Crippen LogP contribution in [0.5, 0.6) is 0 Å². The standard InChI is InChI=1S/C14H19N3O2S/c1-2-12-15-13(10-4-6-20-14(10)16-12)17-5-3-11(19)9(7-17)8-18/h4,6,9,11,18-19H,2-3,5,7-8H2,1H3. The molecule has 1 fully saturated rings. The number of hydrogen-bond donors (Lipinski definition) is 2. The van der Waals surface area contributed by atoms with Crippen LogP contribution in [0, 0.1) is 5.92 Å². The van der Waals surface area contributed by atoms with Crippen LogP contribution in [0.25, 0.3) is 10.2 Å². The van der Waals surface area contributed by atoms with Crippen molar-refractivity contribution in [3.8, 4) is 0 Å². The van der Waals surface area contributed by atoms with Crippen LogP contribution in [0.3, 0.4) is 0 Å². The number of nitrogens with zero attached hydrogens (tertiary/aromatic N) is 3. The maximum absolute atomic E-state index is 9.89. The van der Waals surface area contributed by atoms with E-state index in [-0.39, 0.29) is 12.5 Å². The van der Waals surface area contributed by atoms with Gasteiger partial charge in [-0.05, 0) is 17.9 Å². The normalized spacial score (nSPS) is 23.4. The molecule has 0 spiro atoms. The zero-order valence-corrected chi connectivity index (χ0v) is 12.3. The third-order valence-corrected chi connectivity index (χ3v) is 4.70. The van der Waals surface area contributed by atoms with Gasteiger partial charge in [0.25, 0.3) is 0 Å². The van der Waals surface area contributed by atoms with Crippen LogP contribution in [0.15, 0.2) is 11.4 Å². The highest BCUT2D eigenvalue weighted by Crippen LogP contribution is 2.30. The van der Waals surface area contributed by atoms with Crippen LogP contribution in [0.1, 0.15) is 19.2 Å². The fourth-order valence-electron chi connectivity index (χ4n) is 2.67. The highest BCUT2D eigenvalue weighted by atomic mass is 32.1. The van der Waals surface area contributed by atoms with Crippen molar-refractivity contribution < 1.29 is 10.2 Å². The van der Waals surface area contributed by atoms with Gasteiger partial charge in [0, 0.05) is 25.4 Å². The summed E-state index contributed by atoms with van der Waals surface area (Å²) in [7, 11) is 0. The third-order valence-electron chi connectivity index (χ3n) is 3.90. The summed E-state index contributed by atoms with van der Waals surface area (Å²) >= 11 is 1.63. The highest BCUT2D eigenvalue weighted by Gasteiger charge is 2.29. The summed E-state index contributed by atoms with van der Waals surface area (Å²) in [6.07, 6.45) is 1.06. The summed E-state index contributed by atoms with van der Waals surface area (Å²) in [5.41, 5.74) is 0. The molecule has 5 nitrogen and oxygen atoms in total. The number of piperidine rings is 1. The van der Waals surface area contributed by atoms with Crippen molar-refractivity contribution in [2.75, 3.05) is 24.6 Å². The zero-order chi connectivity index (χ0) is 14.1. The molecule has 2 N–H and O–H groups in total. The molecule has 0 aromatic carbocycles. The van der Waals surface area contributed by atoms with Gasteiger partial charge in [0.15, 0.2) is 0 Å². The molecule has 2 aromatic rings. The van der Waals surface area contributed by atoms with Gasteiger partial charge in [0.2, 0.25) is 0 Å². The second-order valence-electron chi connectivity index (χ2n) is 5.20. The molecule has 0 saturated carbocycles. The first-order valence-electron chi connectivity index (χ1n) is 7.01. The molecule has 3 rings (SSSR count). The minimum atomic E-state index is -0.415. The van der Waals surface area contributed by atoms with E-state index in [0.717, 1.165) is 34.8 Å². The Morgan fingerprint density at radius 3 is 3.05 bits per heavy atom. The Morgan fingerprint density at radius 2 is 2.30 bits per heavy atom. The average molecular weight is 293 g/mol. The van der Waals surface area contributed by atoms with Gasteiger partial charge in [-0.25, -0.2) is 9.97 Å². The van der Waals surface area contributed by atoms with Gasteiger partial charge < -0.3 is 15.1 Å². The molecule has 2 atom stereocenters. The van der Waals surface area contributed by atoms with E-state index >= 15 is 0 Å². The monoisotopic (exact) mass is 293 g/mol. The fourth-order valence-corrected chi connectivity index (χ4v) is 3.45. The summed E-state index contributed by atoms with van der Waals surface area (Å²) in [6, 6.07) is 2.05. The predicted octanol–water partition coefficient (Wildman–Crippen LogP) is 1.43. The SMILES string of the molecule is CCc1nc(N2CCC(O)C(CO)C2)c2ccsc2n1. The van der Waals surface area contributed by atoms with Crippen molar-refractivity contribution >= 4 is 27.4 Å². The molecule has 3 heterocycles. The maximum Gasteiger partial charge on any atom is 0.141 e. The highest BCUT2D eigenvalue weighted by molar-refractivity contribution is 7.16. The van der Waals surface area contributed by atoms with Crippen LogP contribution in [-0.2, 0) is 6.42 Å². The number of aromatic nitrogens is 2. The molecule has 0 aliphatic carbocycles. The number of aliphatic hydroxyl groups excluding tert-OH is 2. The van der Waals surface area contributed by atoms with Crippen LogP contribution in [-0.4, -0.2) is 46.0 Å². The van der Waals surface area contributed by atoms with E-state index in [2.05, 4.69) is 21.8 Å². The Hall–Kier alpha value is -1.24. The zero-order valence-electron chi connectivity index (χ0n) is 11.5. The molecule has 0 amide bonds. The number of aryl methyl sites for hydroxylation is 1. The number of aliphatic hydroxyl groups is 2. The van der Waals surface area contributed by atoms with Crippen molar-refractivity contribution in [1.29, 1.82) is 0 Å². The minimum Gasteiger partial charge on any atom is -0.396 e. The van der Waals surface area contributed by atoms with E-state index < -0.39 is 6.10 Å². The molecule has 108 valence electrons. The van der Waals surface area contributed by atoms with E-state index in [4.69, 9.17) is 0 Å². The number of fused-ring (bicyclic) bond motifs is 1. The van der Waals surface area contributed by atoms with Gasteiger partial charge in [-0.1, -0.05) is 6.92 Å². The lowest BCUT2D eigenvalue weighted by atomic mass is 9.95. The molecular formula is C14H19N3O2S. The van der Waals surface area contributed by atoms with Crippen LogP contribution in [0.2, 0.25) is 0 Å². The van der Waals surface area contributed by atoms with Gasteiger partial charge in [0.05, 0.1) is 18.1 Å². The number of anilines is 1. The van der Waals surface area contributed by atoms with Crippen LogP contribution >= 0.6 is 11.3 Å². The molecule has 0 radical (unpaired) electrons. The Bertz CT molecular complexity index is 601.